The van der Waals surface area contributed by atoms with E-state index < -0.39 is 12.0 Å². The Kier molecular flexibility index (Phi) is 5.31. The largest absolute Gasteiger partial charge is 0.462 e. The Morgan fingerprint density at radius 2 is 2.28 bits per heavy atom. The summed E-state index contributed by atoms with van der Waals surface area (Å²) in [5, 5.41) is 0. The molecular weight excluding hydrogens is 260 g/mol. The SMILES string of the molecule is CCOC(=O)c1cncnc1N(CCCl)C(N)=O. The van der Waals surface area contributed by atoms with Crippen molar-refractivity contribution in [3.63, 3.8) is 0 Å². The van der Waals surface area contributed by atoms with Crippen molar-refractivity contribution in [2.75, 3.05) is 23.9 Å². The summed E-state index contributed by atoms with van der Waals surface area (Å²) in [5.41, 5.74) is 5.29. The summed E-state index contributed by atoms with van der Waals surface area (Å²) in [6.45, 7) is 2.02. The minimum absolute atomic E-state index is 0.0725. The summed E-state index contributed by atoms with van der Waals surface area (Å²) in [7, 11) is 0. The first kappa shape index (κ1) is 14.2. The number of carbonyl (C=O) groups excluding carboxylic acids is 2. The van der Waals surface area contributed by atoms with Crippen LogP contribution in [0, 0.1) is 0 Å². The second kappa shape index (κ2) is 6.75. The molecule has 0 saturated heterocycles. The van der Waals surface area contributed by atoms with Crippen LogP contribution in [0.15, 0.2) is 12.5 Å². The van der Waals surface area contributed by atoms with Crippen molar-refractivity contribution in [2.24, 2.45) is 5.73 Å². The van der Waals surface area contributed by atoms with Crippen LogP contribution in [0.5, 0.6) is 0 Å². The molecular formula is C10H13ClN4O3. The van der Waals surface area contributed by atoms with E-state index in [2.05, 4.69) is 9.97 Å². The molecule has 0 atom stereocenters. The van der Waals surface area contributed by atoms with E-state index in [1.807, 2.05) is 0 Å². The van der Waals surface area contributed by atoms with Gasteiger partial charge in [-0.3, -0.25) is 4.90 Å². The number of hydrogen-bond donors (Lipinski definition) is 1. The number of nitrogens with zero attached hydrogens (tertiary/aromatic N) is 3. The highest BCUT2D eigenvalue weighted by molar-refractivity contribution is 6.18. The summed E-state index contributed by atoms with van der Waals surface area (Å²) < 4.78 is 4.85. The highest BCUT2D eigenvalue weighted by Gasteiger charge is 2.22. The highest BCUT2D eigenvalue weighted by atomic mass is 35.5. The predicted octanol–water partition coefficient (Wildman–Crippen LogP) is 0.777. The van der Waals surface area contributed by atoms with Crippen LogP contribution < -0.4 is 10.6 Å². The van der Waals surface area contributed by atoms with Gasteiger partial charge in [0.05, 0.1) is 6.61 Å². The molecule has 0 saturated carbocycles. The Balaban J connectivity index is 3.13. The first-order valence-corrected chi connectivity index (χ1v) is 5.75. The number of primary amides is 1. The van der Waals surface area contributed by atoms with Crippen LogP contribution in [0.25, 0.3) is 0 Å². The lowest BCUT2D eigenvalue weighted by Gasteiger charge is -2.19. The summed E-state index contributed by atoms with van der Waals surface area (Å²) in [5.74, 6) is -0.361. The molecule has 0 spiro atoms. The smallest absolute Gasteiger partial charge is 0.343 e. The van der Waals surface area contributed by atoms with Crippen LogP contribution in [0.4, 0.5) is 10.6 Å². The Morgan fingerprint density at radius 1 is 1.56 bits per heavy atom. The number of carbonyl (C=O) groups is 2. The number of ether oxygens (including phenoxy) is 1. The third-order valence-corrected chi connectivity index (χ3v) is 2.19. The normalized spacial score (nSPS) is 9.89. The second-order valence-electron chi connectivity index (χ2n) is 3.16. The summed E-state index contributed by atoms with van der Waals surface area (Å²) in [6.07, 6.45) is 2.48. The quantitative estimate of drug-likeness (QED) is 0.631. The molecule has 0 aliphatic rings. The maximum absolute atomic E-state index is 11.7. The number of rotatable bonds is 5. The number of anilines is 1. The fraction of sp³-hybridized carbons (Fsp3) is 0.400. The van der Waals surface area contributed by atoms with Gasteiger partial charge in [0.25, 0.3) is 0 Å². The van der Waals surface area contributed by atoms with Gasteiger partial charge in [-0.05, 0) is 6.92 Å². The van der Waals surface area contributed by atoms with Gasteiger partial charge in [0.15, 0.2) is 5.82 Å². The minimum atomic E-state index is -0.750. The summed E-state index contributed by atoms with van der Waals surface area (Å²) in [4.78, 5) is 31.7. The first-order valence-electron chi connectivity index (χ1n) is 5.21. The van der Waals surface area contributed by atoms with E-state index in [4.69, 9.17) is 22.1 Å². The van der Waals surface area contributed by atoms with Crippen molar-refractivity contribution >= 4 is 29.4 Å². The molecule has 1 rings (SSSR count). The zero-order valence-corrected chi connectivity index (χ0v) is 10.6. The van der Waals surface area contributed by atoms with E-state index in [1.165, 1.54) is 12.5 Å². The lowest BCUT2D eigenvalue weighted by molar-refractivity contribution is 0.0526. The third kappa shape index (κ3) is 3.30. The molecule has 98 valence electrons. The molecule has 0 fully saturated rings. The summed E-state index contributed by atoms with van der Waals surface area (Å²) in [6, 6.07) is -0.750. The van der Waals surface area contributed by atoms with Crippen molar-refractivity contribution < 1.29 is 14.3 Å². The fourth-order valence-electron chi connectivity index (χ4n) is 1.30. The first-order chi connectivity index (χ1) is 8.61. The standard InChI is InChI=1S/C10H13ClN4O3/c1-2-18-9(16)7-5-13-6-14-8(7)15(4-3-11)10(12)17/h5-6H,2-4H2,1H3,(H2,12,17). The number of nitrogens with two attached hydrogens (primary N) is 1. The number of halogens is 1. The van der Waals surface area contributed by atoms with Crippen LogP contribution in [-0.2, 0) is 4.74 Å². The number of urea groups is 1. The Labute approximate surface area is 109 Å². The molecule has 1 heterocycles. The zero-order valence-electron chi connectivity index (χ0n) is 9.80. The molecule has 0 unspecified atom stereocenters. The van der Waals surface area contributed by atoms with Crippen LogP contribution in [0.3, 0.4) is 0 Å². The van der Waals surface area contributed by atoms with E-state index in [0.717, 1.165) is 4.90 Å². The molecule has 2 amide bonds. The van der Waals surface area contributed by atoms with Gasteiger partial charge in [0.1, 0.15) is 11.9 Å². The maximum Gasteiger partial charge on any atom is 0.343 e. The molecule has 0 aliphatic heterocycles. The lowest BCUT2D eigenvalue weighted by Crippen LogP contribution is -2.39. The van der Waals surface area contributed by atoms with Gasteiger partial charge in [-0.15, -0.1) is 11.6 Å². The van der Waals surface area contributed by atoms with E-state index in [1.54, 1.807) is 6.92 Å². The second-order valence-corrected chi connectivity index (χ2v) is 3.54. The van der Waals surface area contributed by atoms with E-state index in [9.17, 15) is 9.59 Å². The number of alkyl halides is 1. The average Bonchev–Trinajstić information content (AvgIpc) is 2.36. The van der Waals surface area contributed by atoms with E-state index in [-0.39, 0.29) is 30.4 Å². The fourth-order valence-corrected chi connectivity index (χ4v) is 1.47. The molecule has 18 heavy (non-hydrogen) atoms. The van der Waals surface area contributed by atoms with Crippen LogP contribution in [-0.4, -0.2) is 41.0 Å². The summed E-state index contributed by atoms with van der Waals surface area (Å²) >= 11 is 5.57. The van der Waals surface area contributed by atoms with E-state index in [0.29, 0.717) is 0 Å². The molecule has 0 radical (unpaired) electrons. The molecule has 0 aromatic carbocycles. The molecule has 7 nitrogen and oxygen atoms in total. The van der Waals surface area contributed by atoms with Gasteiger partial charge >= 0.3 is 12.0 Å². The van der Waals surface area contributed by atoms with Crippen molar-refractivity contribution in [2.45, 2.75) is 6.92 Å². The minimum Gasteiger partial charge on any atom is -0.462 e. The molecule has 8 heteroatoms. The van der Waals surface area contributed by atoms with Crippen molar-refractivity contribution in [1.82, 2.24) is 9.97 Å². The Bertz CT molecular complexity index is 441. The molecule has 1 aromatic rings. The Hall–Kier alpha value is -1.89. The maximum atomic E-state index is 11.7. The van der Waals surface area contributed by atoms with Crippen molar-refractivity contribution in [3.05, 3.63) is 18.1 Å². The van der Waals surface area contributed by atoms with Crippen LogP contribution >= 0.6 is 11.6 Å². The van der Waals surface area contributed by atoms with Crippen LogP contribution in [0.1, 0.15) is 17.3 Å². The Morgan fingerprint density at radius 3 is 2.83 bits per heavy atom. The number of amides is 2. The zero-order chi connectivity index (χ0) is 13.5. The van der Waals surface area contributed by atoms with Gasteiger partial charge in [0, 0.05) is 18.6 Å². The average molecular weight is 273 g/mol. The van der Waals surface area contributed by atoms with Crippen molar-refractivity contribution in [1.29, 1.82) is 0 Å². The van der Waals surface area contributed by atoms with Gasteiger partial charge in [-0.25, -0.2) is 19.6 Å². The number of esters is 1. The number of hydrogen-bond acceptors (Lipinski definition) is 5. The van der Waals surface area contributed by atoms with Gasteiger partial charge in [-0.2, -0.15) is 0 Å². The van der Waals surface area contributed by atoms with Gasteiger partial charge < -0.3 is 10.5 Å². The third-order valence-electron chi connectivity index (χ3n) is 2.02. The predicted molar refractivity (Wildman–Crippen MR) is 65.6 cm³/mol. The molecule has 0 bridgehead atoms. The highest BCUT2D eigenvalue weighted by Crippen LogP contribution is 2.17. The molecule has 2 N–H and O–H groups in total. The van der Waals surface area contributed by atoms with Gasteiger partial charge in [0.2, 0.25) is 0 Å². The topological polar surface area (TPSA) is 98.4 Å². The van der Waals surface area contributed by atoms with Crippen LogP contribution in [0.2, 0.25) is 0 Å². The van der Waals surface area contributed by atoms with Gasteiger partial charge in [-0.1, -0.05) is 0 Å². The molecule has 1 aromatic heterocycles. The van der Waals surface area contributed by atoms with E-state index >= 15 is 0 Å². The van der Waals surface area contributed by atoms with Crippen molar-refractivity contribution in [3.8, 4) is 0 Å². The lowest BCUT2D eigenvalue weighted by atomic mass is 10.3. The molecule has 0 aliphatic carbocycles. The monoisotopic (exact) mass is 272 g/mol. The number of aromatic nitrogens is 2.